The molecule has 0 aromatic heterocycles. The Morgan fingerprint density at radius 1 is 1.05 bits per heavy atom. The maximum absolute atomic E-state index is 12.5. The van der Waals surface area contributed by atoms with E-state index in [0.29, 0.717) is 18.4 Å². The normalized spacial score (nSPS) is 16.2. The summed E-state index contributed by atoms with van der Waals surface area (Å²) in [5.41, 5.74) is 3.20. The van der Waals surface area contributed by atoms with Crippen LogP contribution in [0.2, 0.25) is 0 Å². The van der Waals surface area contributed by atoms with E-state index in [0.717, 1.165) is 21.2 Å². The maximum Gasteiger partial charge on any atom is 0.189 e. The molecule has 1 aliphatic rings. The lowest BCUT2D eigenvalue weighted by Gasteiger charge is -2.18. The van der Waals surface area contributed by atoms with Gasteiger partial charge in [0.2, 0.25) is 0 Å². The lowest BCUT2D eigenvalue weighted by molar-refractivity contribution is 0.102. The molecule has 0 aliphatic heterocycles. The number of Topliss-reactive ketones (excluding diaryl/α,β-unsaturated/α-hetero) is 1. The van der Waals surface area contributed by atoms with Crippen molar-refractivity contribution in [2.24, 2.45) is 0 Å². The fraction of sp³-hybridized carbons (Fsp3) is 0.118. The predicted octanol–water partition coefficient (Wildman–Crippen LogP) is 4.37. The number of carbonyl (C=O) groups is 1. The van der Waals surface area contributed by atoms with Gasteiger partial charge in [-0.2, -0.15) is 0 Å². The van der Waals surface area contributed by atoms with Crippen molar-refractivity contribution in [1.29, 1.82) is 0 Å². The van der Waals surface area contributed by atoms with Gasteiger partial charge in [-0.1, -0.05) is 40.2 Å². The van der Waals surface area contributed by atoms with Crippen molar-refractivity contribution < 1.29 is 9.90 Å². The number of benzene rings is 2. The van der Waals surface area contributed by atoms with Gasteiger partial charge in [0, 0.05) is 21.2 Å². The largest absolute Gasteiger partial charge is 0.508 e. The van der Waals surface area contributed by atoms with E-state index in [-0.39, 0.29) is 11.5 Å². The van der Waals surface area contributed by atoms with Crippen molar-refractivity contribution >= 4 is 27.8 Å². The van der Waals surface area contributed by atoms with Crippen molar-refractivity contribution in [1.82, 2.24) is 0 Å². The minimum atomic E-state index is 0.0186. The Morgan fingerprint density at radius 2 is 1.80 bits per heavy atom. The molecule has 2 aromatic carbocycles. The fourth-order valence-corrected chi connectivity index (χ4v) is 2.76. The molecule has 1 aliphatic carbocycles. The molecule has 0 atom stereocenters. The summed E-state index contributed by atoms with van der Waals surface area (Å²) in [6.07, 6.45) is 3.30. The van der Waals surface area contributed by atoms with Crippen LogP contribution in [-0.4, -0.2) is 10.9 Å². The summed E-state index contributed by atoms with van der Waals surface area (Å²) in [6, 6.07) is 13.0. The van der Waals surface area contributed by atoms with Crippen LogP contribution in [0, 0.1) is 0 Å². The second-order valence-corrected chi connectivity index (χ2v) is 5.77. The van der Waals surface area contributed by atoms with Crippen LogP contribution in [0.4, 0.5) is 0 Å². The van der Waals surface area contributed by atoms with E-state index in [4.69, 9.17) is 0 Å². The molecule has 0 radical (unpaired) electrons. The first-order valence-corrected chi connectivity index (χ1v) is 7.26. The quantitative estimate of drug-likeness (QED) is 0.789. The second-order valence-electron chi connectivity index (χ2n) is 4.85. The maximum atomic E-state index is 12.5. The van der Waals surface area contributed by atoms with E-state index < -0.39 is 0 Å². The first-order valence-electron chi connectivity index (χ1n) is 6.47. The number of phenolic OH excluding ortho intramolecular Hbond substituents is 1. The number of halogens is 1. The van der Waals surface area contributed by atoms with Gasteiger partial charge in [0.15, 0.2) is 5.78 Å². The van der Waals surface area contributed by atoms with Gasteiger partial charge in [0.25, 0.3) is 0 Å². The SMILES string of the molecule is O=C1/C(=C/c2ccc(Br)cc2)CCc2c(O)cccc21. The van der Waals surface area contributed by atoms with Crippen molar-refractivity contribution in [3.05, 3.63) is 69.2 Å². The minimum Gasteiger partial charge on any atom is -0.508 e. The highest BCUT2D eigenvalue weighted by molar-refractivity contribution is 9.10. The smallest absolute Gasteiger partial charge is 0.189 e. The van der Waals surface area contributed by atoms with Gasteiger partial charge in [-0.05, 0) is 42.7 Å². The summed E-state index contributed by atoms with van der Waals surface area (Å²) >= 11 is 3.40. The first kappa shape index (κ1) is 13.1. The summed E-state index contributed by atoms with van der Waals surface area (Å²) < 4.78 is 1.02. The van der Waals surface area contributed by atoms with Gasteiger partial charge in [-0.15, -0.1) is 0 Å². The number of hydrogen-bond donors (Lipinski definition) is 1. The van der Waals surface area contributed by atoms with Crippen molar-refractivity contribution in [2.75, 3.05) is 0 Å². The molecule has 20 heavy (non-hydrogen) atoms. The van der Waals surface area contributed by atoms with Gasteiger partial charge < -0.3 is 5.11 Å². The molecule has 0 saturated heterocycles. The molecule has 2 nitrogen and oxygen atoms in total. The molecule has 0 unspecified atom stereocenters. The average molecular weight is 329 g/mol. The molecule has 2 aromatic rings. The van der Waals surface area contributed by atoms with Gasteiger partial charge in [-0.25, -0.2) is 0 Å². The monoisotopic (exact) mass is 328 g/mol. The lowest BCUT2D eigenvalue weighted by Crippen LogP contribution is -2.14. The lowest BCUT2D eigenvalue weighted by atomic mass is 9.85. The number of rotatable bonds is 1. The van der Waals surface area contributed by atoms with Crippen LogP contribution in [0.5, 0.6) is 5.75 Å². The third-order valence-corrected chi connectivity index (χ3v) is 4.07. The number of aromatic hydroxyl groups is 1. The summed E-state index contributed by atoms with van der Waals surface area (Å²) in [6.45, 7) is 0. The van der Waals surface area contributed by atoms with Crippen LogP contribution in [-0.2, 0) is 6.42 Å². The van der Waals surface area contributed by atoms with E-state index in [1.54, 1.807) is 18.2 Å². The van der Waals surface area contributed by atoms with Crippen LogP contribution in [0.1, 0.15) is 27.9 Å². The topological polar surface area (TPSA) is 37.3 Å². The van der Waals surface area contributed by atoms with Gasteiger partial charge in [0.05, 0.1) is 0 Å². The molecule has 1 N–H and O–H groups in total. The highest BCUT2D eigenvalue weighted by atomic mass is 79.9. The van der Waals surface area contributed by atoms with Crippen molar-refractivity contribution in [3.8, 4) is 5.75 Å². The molecule has 0 bridgehead atoms. The fourth-order valence-electron chi connectivity index (χ4n) is 2.49. The first-order chi connectivity index (χ1) is 9.65. The Bertz CT molecular complexity index is 699. The summed E-state index contributed by atoms with van der Waals surface area (Å²) in [5.74, 6) is 0.239. The third kappa shape index (κ3) is 2.41. The van der Waals surface area contributed by atoms with Crippen molar-refractivity contribution in [3.63, 3.8) is 0 Å². The molecule has 3 heteroatoms. The molecular formula is C17H13BrO2. The highest BCUT2D eigenvalue weighted by Crippen LogP contribution is 2.32. The number of phenols is 1. The van der Waals surface area contributed by atoms with E-state index in [1.807, 2.05) is 30.3 Å². The molecule has 0 spiro atoms. The standard InChI is InChI=1S/C17H13BrO2/c18-13-7-4-11(5-8-13)10-12-6-9-14-15(17(12)20)2-1-3-16(14)19/h1-5,7-8,10,19H,6,9H2/b12-10+. The van der Waals surface area contributed by atoms with E-state index in [1.165, 1.54) is 0 Å². The van der Waals surface area contributed by atoms with Crippen LogP contribution >= 0.6 is 15.9 Å². The highest BCUT2D eigenvalue weighted by Gasteiger charge is 2.23. The van der Waals surface area contributed by atoms with E-state index >= 15 is 0 Å². The van der Waals surface area contributed by atoms with E-state index in [2.05, 4.69) is 15.9 Å². The minimum absolute atomic E-state index is 0.0186. The zero-order valence-corrected chi connectivity index (χ0v) is 12.4. The molecule has 0 saturated carbocycles. The van der Waals surface area contributed by atoms with Gasteiger partial charge >= 0.3 is 0 Å². The number of ketones is 1. The summed E-state index contributed by atoms with van der Waals surface area (Å²) in [7, 11) is 0. The predicted molar refractivity (Wildman–Crippen MR) is 82.9 cm³/mol. The molecule has 100 valence electrons. The summed E-state index contributed by atoms with van der Waals surface area (Å²) in [5, 5.41) is 9.80. The van der Waals surface area contributed by atoms with Crippen LogP contribution < -0.4 is 0 Å². The van der Waals surface area contributed by atoms with Crippen LogP contribution in [0.3, 0.4) is 0 Å². The Kier molecular flexibility index (Phi) is 3.45. The Labute approximate surface area is 125 Å². The third-order valence-electron chi connectivity index (χ3n) is 3.54. The molecular weight excluding hydrogens is 316 g/mol. The number of allylic oxidation sites excluding steroid dienone is 1. The van der Waals surface area contributed by atoms with E-state index in [9.17, 15) is 9.90 Å². The van der Waals surface area contributed by atoms with Crippen molar-refractivity contribution in [2.45, 2.75) is 12.8 Å². The molecule has 0 fully saturated rings. The Hall–Kier alpha value is -1.87. The second kappa shape index (κ2) is 5.25. The average Bonchev–Trinajstić information content (AvgIpc) is 2.45. The van der Waals surface area contributed by atoms with Gasteiger partial charge in [-0.3, -0.25) is 4.79 Å². The number of hydrogen-bond acceptors (Lipinski definition) is 2. The molecule has 3 rings (SSSR count). The molecule has 0 heterocycles. The Morgan fingerprint density at radius 3 is 2.55 bits per heavy atom. The number of fused-ring (bicyclic) bond motifs is 1. The van der Waals surface area contributed by atoms with Gasteiger partial charge in [0.1, 0.15) is 5.75 Å². The Balaban J connectivity index is 1.98. The van der Waals surface area contributed by atoms with Crippen LogP contribution in [0.25, 0.3) is 6.08 Å². The number of carbonyl (C=O) groups excluding carboxylic acids is 1. The zero-order chi connectivity index (χ0) is 14.1. The molecule has 0 amide bonds. The zero-order valence-electron chi connectivity index (χ0n) is 10.8. The van der Waals surface area contributed by atoms with Crippen LogP contribution in [0.15, 0.2) is 52.5 Å². The summed E-state index contributed by atoms with van der Waals surface area (Å²) in [4.78, 5) is 12.5.